The van der Waals surface area contributed by atoms with Gasteiger partial charge >= 0.3 is 0 Å². The number of carbonyl (C=O) groups excluding carboxylic acids is 1. The molecule has 2 heterocycles. The van der Waals surface area contributed by atoms with E-state index in [-0.39, 0.29) is 28.2 Å². The quantitative estimate of drug-likeness (QED) is 0.736. The maximum atomic E-state index is 13.2. The molecule has 1 aromatic carbocycles. The van der Waals surface area contributed by atoms with Crippen molar-refractivity contribution in [3.63, 3.8) is 0 Å². The molecule has 1 aliphatic rings. The van der Waals surface area contributed by atoms with Crippen LogP contribution in [0.4, 0.5) is 0 Å². The first kappa shape index (κ1) is 21.1. The van der Waals surface area contributed by atoms with Crippen LogP contribution in [0.1, 0.15) is 41.4 Å². The number of hydrogen-bond donors (Lipinski definition) is 1. The van der Waals surface area contributed by atoms with Crippen LogP contribution in [-0.2, 0) is 16.6 Å². The summed E-state index contributed by atoms with van der Waals surface area (Å²) in [5.74, 6) is -0.116. The normalized spacial score (nSPS) is 18.0. The summed E-state index contributed by atoms with van der Waals surface area (Å²) in [5.41, 5.74) is 0.270. The second kappa shape index (κ2) is 8.82. The topological polar surface area (TPSA) is 75.7 Å². The summed E-state index contributed by atoms with van der Waals surface area (Å²) in [7, 11) is -2.34. The van der Waals surface area contributed by atoms with E-state index in [0.717, 1.165) is 24.1 Å². The number of hydrogen-bond acceptors (Lipinski definition) is 5. The van der Waals surface area contributed by atoms with Gasteiger partial charge in [-0.1, -0.05) is 18.0 Å². The maximum absolute atomic E-state index is 13.2. The highest BCUT2D eigenvalue weighted by molar-refractivity contribution is 7.89. The molecule has 0 saturated carbocycles. The van der Waals surface area contributed by atoms with Gasteiger partial charge in [0, 0.05) is 23.0 Å². The number of ether oxygens (including phenoxy) is 1. The minimum atomic E-state index is -3.76. The third-order valence-corrected chi connectivity index (χ3v) is 8.07. The van der Waals surface area contributed by atoms with Gasteiger partial charge in [-0.25, -0.2) is 8.42 Å². The van der Waals surface area contributed by atoms with Crippen molar-refractivity contribution >= 4 is 38.9 Å². The van der Waals surface area contributed by atoms with Crippen molar-refractivity contribution < 1.29 is 17.9 Å². The van der Waals surface area contributed by atoms with Crippen molar-refractivity contribution in [1.29, 1.82) is 0 Å². The van der Waals surface area contributed by atoms with Crippen molar-refractivity contribution in [3.05, 3.63) is 45.1 Å². The van der Waals surface area contributed by atoms with Crippen molar-refractivity contribution in [3.8, 4) is 5.75 Å². The molecule has 1 aliphatic heterocycles. The number of methoxy groups -OCH3 is 1. The molecule has 1 amide bonds. The predicted octanol–water partition coefficient (Wildman–Crippen LogP) is 3.90. The minimum Gasteiger partial charge on any atom is -0.495 e. The highest BCUT2D eigenvalue weighted by Crippen LogP contribution is 2.31. The number of sulfonamides is 1. The lowest BCUT2D eigenvalue weighted by Gasteiger charge is -2.32. The average Bonchev–Trinajstić information content (AvgIpc) is 3.11. The van der Waals surface area contributed by atoms with Crippen LogP contribution in [0.3, 0.4) is 0 Å². The average molecular weight is 443 g/mol. The van der Waals surface area contributed by atoms with E-state index < -0.39 is 10.0 Å². The fourth-order valence-corrected chi connectivity index (χ4v) is 6.20. The van der Waals surface area contributed by atoms with Gasteiger partial charge in [-0.3, -0.25) is 4.79 Å². The Kier molecular flexibility index (Phi) is 6.65. The standard InChI is InChI=1S/C19H23ClN2O4S2/c1-13-5-3-4-10-22(13)28(24,25)17-11-14(6-8-16(17)26-2)19(23)21-12-15-7-9-18(20)27-15/h6-9,11,13H,3-5,10,12H2,1-2H3,(H,21,23). The van der Waals surface area contributed by atoms with Gasteiger partial charge in [-0.05, 0) is 50.1 Å². The fourth-order valence-electron chi connectivity index (χ4n) is 3.29. The Balaban J connectivity index is 1.85. The number of carbonyl (C=O) groups is 1. The summed E-state index contributed by atoms with van der Waals surface area (Å²) < 4.78 is 33.9. The fraction of sp³-hybridized carbons (Fsp3) is 0.421. The van der Waals surface area contributed by atoms with Crippen LogP contribution in [0.5, 0.6) is 5.75 Å². The molecule has 2 aromatic rings. The zero-order chi connectivity index (χ0) is 20.3. The zero-order valence-corrected chi connectivity index (χ0v) is 18.2. The van der Waals surface area contributed by atoms with Crippen molar-refractivity contribution in [1.82, 2.24) is 9.62 Å². The summed E-state index contributed by atoms with van der Waals surface area (Å²) >= 11 is 7.29. The number of amides is 1. The van der Waals surface area contributed by atoms with Gasteiger partial charge in [-0.2, -0.15) is 4.31 Å². The summed E-state index contributed by atoms with van der Waals surface area (Å²) in [5, 5.41) is 2.80. The first-order valence-corrected chi connectivity index (χ1v) is 11.7. The van der Waals surface area contributed by atoms with Crippen LogP contribution < -0.4 is 10.1 Å². The first-order chi connectivity index (χ1) is 13.3. The molecule has 1 aromatic heterocycles. The Morgan fingerprint density at radius 2 is 2.11 bits per heavy atom. The molecule has 152 valence electrons. The largest absolute Gasteiger partial charge is 0.495 e. The monoisotopic (exact) mass is 442 g/mol. The van der Waals surface area contributed by atoms with E-state index in [1.807, 2.05) is 13.0 Å². The molecule has 1 atom stereocenters. The Bertz CT molecular complexity index is 959. The van der Waals surface area contributed by atoms with Gasteiger partial charge in [0.2, 0.25) is 10.0 Å². The molecule has 1 fully saturated rings. The second-order valence-corrected chi connectivity index (χ2v) is 10.4. The molecule has 1 unspecified atom stereocenters. The SMILES string of the molecule is COc1ccc(C(=O)NCc2ccc(Cl)s2)cc1S(=O)(=O)N1CCCCC1C. The molecule has 0 aliphatic carbocycles. The zero-order valence-electron chi connectivity index (χ0n) is 15.8. The Labute approximate surface area is 174 Å². The summed E-state index contributed by atoms with van der Waals surface area (Å²) in [6.45, 7) is 2.71. The summed E-state index contributed by atoms with van der Waals surface area (Å²) in [6.07, 6.45) is 2.67. The summed E-state index contributed by atoms with van der Waals surface area (Å²) in [6, 6.07) is 8.02. The number of halogens is 1. The highest BCUT2D eigenvalue weighted by atomic mass is 35.5. The number of thiophene rings is 1. The molecule has 0 spiro atoms. The lowest BCUT2D eigenvalue weighted by Crippen LogP contribution is -2.42. The molecule has 1 saturated heterocycles. The molecule has 3 rings (SSSR count). The van der Waals surface area contributed by atoms with E-state index in [9.17, 15) is 13.2 Å². The van der Waals surface area contributed by atoms with Crippen LogP contribution in [0.2, 0.25) is 4.34 Å². The maximum Gasteiger partial charge on any atom is 0.251 e. The van der Waals surface area contributed by atoms with E-state index in [1.165, 1.54) is 34.9 Å². The van der Waals surface area contributed by atoms with E-state index in [0.29, 0.717) is 17.4 Å². The van der Waals surface area contributed by atoms with Gasteiger partial charge in [0.25, 0.3) is 5.91 Å². The third-order valence-electron chi connectivity index (χ3n) is 4.81. The number of benzene rings is 1. The number of nitrogens with zero attached hydrogens (tertiary/aromatic N) is 1. The molecular weight excluding hydrogens is 420 g/mol. The number of piperidine rings is 1. The van der Waals surface area contributed by atoms with Crippen molar-refractivity contribution in [2.45, 2.75) is 43.7 Å². The van der Waals surface area contributed by atoms with E-state index >= 15 is 0 Å². The molecule has 1 N–H and O–H groups in total. The molecule has 6 nitrogen and oxygen atoms in total. The Morgan fingerprint density at radius 3 is 2.75 bits per heavy atom. The molecule has 9 heteroatoms. The summed E-state index contributed by atoms with van der Waals surface area (Å²) in [4.78, 5) is 13.5. The van der Waals surface area contributed by atoms with Crippen LogP contribution in [0.25, 0.3) is 0 Å². The minimum absolute atomic E-state index is 0.0237. The second-order valence-electron chi connectivity index (χ2n) is 6.71. The van der Waals surface area contributed by atoms with Crippen molar-refractivity contribution in [2.75, 3.05) is 13.7 Å². The first-order valence-electron chi connectivity index (χ1n) is 9.05. The van der Waals surface area contributed by atoms with Gasteiger partial charge in [-0.15, -0.1) is 11.3 Å². The van der Waals surface area contributed by atoms with Crippen LogP contribution >= 0.6 is 22.9 Å². The Hall–Kier alpha value is -1.61. The van der Waals surface area contributed by atoms with Gasteiger partial charge in [0.15, 0.2) is 0 Å². The lowest BCUT2D eigenvalue weighted by molar-refractivity contribution is 0.0951. The van der Waals surface area contributed by atoms with Crippen molar-refractivity contribution in [2.24, 2.45) is 0 Å². The van der Waals surface area contributed by atoms with Crippen LogP contribution in [0.15, 0.2) is 35.2 Å². The molecular formula is C19H23ClN2O4S2. The van der Waals surface area contributed by atoms with Gasteiger partial charge < -0.3 is 10.1 Å². The lowest BCUT2D eigenvalue weighted by atomic mass is 10.1. The smallest absolute Gasteiger partial charge is 0.251 e. The Morgan fingerprint density at radius 1 is 1.32 bits per heavy atom. The van der Waals surface area contributed by atoms with E-state index in [4.69, 9.17) is 16.3 Å². The van der Waals surface area contributed by atoms with Gasteiger partial charge in [0.05, 0.1) is 18.0 Å². The highest BCUT2D eigenvalue weighted by Gasteiger charge is 2.33. The molecule has 28 heavy (non-hydrogen) atoms. The van der Waals surface area contributed by atoms with Crippen LogP contribution in [0, 0.1) is 0 Å². The third kappa shape index (κ3) is 4.51. The molecule has 0 bridgehead atoms. The number of nitrogens with one attached hydrogen (secondary N) is 1. The predicted molar refractivity (Wildman–Crippen MR) is 111 cm³/mol. The van der Waals surface area contributed by atoms with Crippen LogP contribution in [-0.4, -0.2) is 38.3 Å². The van der Waals surface area contributed by atoms with E-state index in [1.54, 1.807) is 12.1 Å². The molecule has 0 radical (unpaired) electrons. The number of rotatable bonds is 6. The van der Waals surface area contributed by atoms with E-state index in [2.05, 4.69) is 5.32 Å². The van der Waals surface area contributed by atoms with Gasteiger partial charge in [0.1, 0.15) is 10.6 Å².